The molecule has 0 aliphatic rings. The third-order valence-electron chi connectivity index (χ3n) is 0.514. The first-order valence-electron chi connectivity index (χ1n) is 2.40. The van der Waals surface area contributed by atoms with E-state index in [-0.39, 0.29) is 0 Å². The molecule has 0 amide bonds. The number of aliphatic imine (C=N–C) groups is 1. The molecule has 0 unspecified atom stereocenters. The van der Waals surface area contributed by atoms with Gasteiger partial charge in [0.25, 0.3) is 0 Å². The molecule has 0 aliphatic carbocycles. The van der Waals surface area contributed by atoms with Crippen LogP contribution in [-0.4, -0.2) is 6.21 Å². The highest BCUT2D eigenvalue weighted by Gasteiger charge is 1.54. The first-order valence-corrected chi connectivity index (χ1v) is 2.40. The molecule has 8 heavy (non-hydrogen) atoms. The normalized spacial score (nSPS) is 10.1. The summed E-state index contributed by atoms with van der Waals surface area (Å²) in [6.07, 6.45) is 6.84. The van der Waals surface area contributed by atoms with Crippen LogP contribution in [0, 0.1) is 0 Å². The fourth-order valence-corrected chi connectivity index (χ4v) is 0.231. The highest BCUT2D eigenvalue weighted by atomic mass is 14.6. The van der Waals surface area contributed by atoms with E-state index in [1.807, 2.05) is 13.0 Å². The van der Waals surface area contributed by atoms with Crippen LogP contribution in [0.2, 0.25) is 0 Å². The molecule has 0 heterocycles. The molecular weight excluding hydrogens is 98.1 g/mol. The highest BCUT2D eigenvalue weighted by molar-refractivity contribution is 5.71. The molecule has 0 bridgehead atoms. The predicted octanol–water partition coefficient (Wildman–Crippen LogP) is 1.93. The topological polar surface area (TPSA) is 12.4 Å². The maximum Gasteiger partial charge on any atom is 0.0344 e. The molecule has 0 aromatic carbocycles. The van der Waals surface area contributed by atoms with Gasteiger partial charge in [-0.25, -0.2) is 0 Å². The van der Waals surface area contributed by atoms with Gasteiger partial charge in [0.1, 0.15) is 0 Å². The number of rotatable bonds is 2. The number of nitrogens with zero attached hydrogens (tertiary/aromatic N) is 1. The second-order valence-corrected chi connectivity index (χ2v) is 1.15. The molecule has 42 valence electrons. The van der Waals surface area contributed by atoms with Crippen molar-refractivity contribution in [3.8, 4) is 0 Å². The zero-order valence-electron chi connectivity index (χ0n) is 4.96. The molecule has 0 aliphatic heterocycles. The average Bonchev–Trinajstić information content (AvgIpc) is 1.81. The van der Waals surface area contributed by atoms with Gasteiger partial charge in [-0.2, -0.15) is 0 Å². The Morgan fingerprint density at radius 1 is 1.62 bits per heavy atom. The predicted molar refractivity (Wildman–Crippen MR) is 37.0 cm³/mol. The van der Waals surface area contributed by atoms with Crippen molar-refractivity contribution in [2.75, 3.05) is 0 Å². The molecule has 0 N–H and O–H groups in total. The smallest absolute Gasteiger partial charge is 0.0344 e. The summed E-state index contributed by atoms with van der Waals surface area (Å²) in [4.78, 5) is 3.82. The molecule has 0 rings (SSSR count). The van der Waals surface area contributed by atoms with Gasteiger partial charge >= 0.3 is 0 Å². The third-order valence-corrected chi connectivity index (χ3v) is 0.514. The van der Waals surface area contributed by atoms with Crippen molar-refractivity contribution in [1.82, 2.24) is 0 Å². The summed E-state index contributed by atoms with van der Waals surface area (Å²) in [6.45, 7) is 5.27. The summed E-state index contributed by atoms with van der Waals surface area (Å²) in [5.74, 6) is 0. The van der Waals surface area contributed by atoms with Gasteiger partial charge in [0, 0.05) is 12.4 Å². The van der Waals surface area contributed by atoms with Crippen LogP contribution in [-0.2, 0) is 0 Å². The van der Waals surface area contributed by atoms with E-state index in [9.17, 15) is 0 Å². The van der Waals surface area contributed by atoms with Gasteiger partial charge in [-0.15, -0.1) is 5.73 Å². The largest absolute Gasteiger partial charge is 0.264 e. The standard InChI is InChI=1S/C7H9N/c1-3-5-7-8-6-4-2/h4-7H,1H2,2H3. The second-order valence-electron chi connectivity index (χ2n) is 1.15. The maximum atomic E-state index is 3.82. The summed E-state index contributed by atoms with van der Waals surface area (Å²) in [6, 6.07) is 0. The SMILES string of the molecule is C=C=CC=NC=CC. The van der Waals surface area contributed by atoms with Gasteiger partial charge in [-0.3, -0.25) is 4.99 Å². The van der Waals surface area contributed by atoms with E-state index in [4.69, 9.17) is 0 Å². The number of allylic oxidation sites excluding steroid dienone is 2. The van der Waals surface area contributed by atoms with Gasteiger partial charge in [0.15, 0.2) is 0 Å². The first kappa shape index (κ1) is 6.93. The van der Waals surface area contributed by atoms with Gasteiger partial charge in [0.05, 0.1) is 0 Å². The zero-order valence-corrected chi connectivity index (χ0v) is 4.96. The molecule has 0 spiro atoms. The minimum Gasteiger partial charge on any atom is -0.264 e. The summed E-state index contributed by atoms with van der Waals surface area (Å²) in [5, 5.41) is 0. The molecule has 0 aromatic rings. The van der Waals surface area contributed by atoms with Crippen molar-refractivity contribution in [2.45, 2.75) is 6.92 Å². The highest BCUT2D eigenvalue weighted by Crippen LogP contribution is 1.69. The fourth-order valence-electron chi connectivity index (χ4n) is 0.231. The van der Waals surface area contributed by atoms with Crippen molar-refractivity contribution in [3.63, 3.8) is 0 Å². The van der Waals surface area contributed by atoms with Crippen LogP contribution in [0.15, 0.2) is 35.7 Å². The molecule has 0 radical (unpaired) electrons. The molecule has 0 saturated carbocycles. The van der Waals surface area contributed by atoms with Crippen molar-refractivity contribution < 1.29 is 0 Å². The zero-order chi connectivity index (χ0) is 6.24. The van der Waals surface area contributed by atoms with Crippen molar-refractivity contribution in [2.24, 2.45) is 4.99 Å². The summed E-state index contributed by atoms with van der Waals surface area (Å²) in [7, 11) is 0. The minimum atomic E-state index is 1.63. The van der Waals surface area contributed by atoms with E-state index in [0.29, 0.717) is 0 Å². The van der Waals surface area contributed by atoms with Crippen LogP contribution in [0.3, 0.4) is 0 Å². The molecule has 0 fully saturated rings. The van der Waals surface area contributed by atoms with Crippen LogP contribution >= 0.6 is 0 Å². The van der Waals surface area contributed by atoms with Gasteiger partial charge in [0.2, 0.25) is 0 Å². The van der Waals surface area contributed by atoms with E-state index in [1.54, 1.807) is 18.5 Å². The van der Waals surface area contributed by atoms with Crippen LogP contribution < -0.4 is 0 Å². The Morgan fingerprint density at radius 3 is 2.88 bits per heavy atom. The maximum absolute atomic E-state index is 3.82. The van der Waals surface area contributed by atoms with Crippen molar-refractivity contribution >= 4 is 6.21 Å². The molecule has 0 saturated heterocycles. The lowest BCUT2D eigenvalue weighted by Gasteiger charge is -1.67. The van der Waals surface area contributed by atoms with E-state index in [2.05, 4.69) is 17.3 Å². The average molecular weight is 107 g/mol. The Balaban J connectivity index is 3.50. The van der Waals surface area contributed by atoms with Crippen LogP contribution in [0.25, 0.3) is 0 Å². The second kappa shape index (κ2) is 5.93. The summed E-state index contributed by atoms with van der Waals surface area (Å²) < 4.78 is 0. The lowest BCUT2D eigenvalue weighted by molar-refractivity contribution is 1.55. The van der Waals surface area contributed by atoms with E-state index < -0.39 is 0 Å². The Bertz CT molecular complexity index is 136. The van der Waals surface area contributed by atoms with E-state index in [0.717, 1.165) is 0 Å². The molecule has 1 heteroatoms. The summed E-state index contributed by atoms with van der Waals surface area (Å²) in [5.41, 5.74) is 2.57. The van der Waals surface area contributed by atoms with Crippen LogP contribution in [0.4, 0.5) is 0 Å². The van der Waals surface area contributed by atoms with Crippen molar-refractivity contribution in [3.05, 3.63) is 30.7 Å². The fraction of sp³-hybridized carbons (Fsp3) is 0.143. The van der Waals surface area contributed by atoms with Crippen LogP contribution in [0.1, 0.15) is 6.92 Å². The summed E-state index contributed by atoms with van der Waals surface area (Å²) >= 11 is 0. The minimum absolute atomic E-state index is 1.63. The first-order chi connectivity index (χ1) is 3.91. The van der Waals surface area contributed by atoms with Crippen molar-refractivity contribution in [1.29, 1.82) is 0 Å². The lowest BCUT2D eigenvalue weighted by atomic mass is 10.6. The third kappa shape index (κ3) is 4.93. The molecule has 0 atom stereocenters. The Morgan fingerprint density at radius 2 is 2.38 bits per heavy atom. The monoisotopic (exact) mass is 107 g/mol. The Hall–Kier alpha value is -1.07. The number of hydrogen-bond donors (Lipinski definition) is 0. The van der Waals surface area contributed by atoms with Gasteiger partial charge < -0.3 is 0 Å². The van der Waals surface area contributed by atoms with E-state index in [1.165, 1.54) is 0 Å². The Kier molecular flexibility index (Phi) is 5.14. The molecule has 1 nitrogen and oxygen atoms in total. The quantitative estimate of drug-likeness (QED) is 0.377. The van der Waals surface area contributed by atoms with Gasteiger partial charge in [-0.05, 0) is 13.0 Å². The lowest BCUT2D eigenvalue weighted by Crippen LogP contribution is -1.55. The molecular formula is C7H9N. The number of hydrogen-bond acceptors (Lipinski definition) is 1. The Labute approximate surface area is 49.8 Å². The van der Waals surface area contributed by atoms with E-state index >= 15 is 0 Å². The molecule has 0 aromatic heterocycles. The van der Waals surface area contributed by atoms with Crippen LogP contribution in [0.5, 0.6) is 0 Å². The van der Waals surface area contributed by atoms with Gasteiger partial charge in [-0.1, -0.05) is 12.7 Å².